The van der Waals surface area contributed by atoms with Crippen molar-refractivity contribution in [2.45, 2.75) is 6.92 Å². The third-order valence-corrected chi connectivity index (χ3v) is 0.250. The van der Waals surface area contributed by atoms with Gasteiger partial charge in [0.2, 0.25) is 0 Å². The molecule has 0 radical (unpaired) electrons. The van der Waals surface area contributed by atoms with Crippen LogP contribution in [0.4, 0.5) is 0 Å². The van der Waals surface area contributed by atoms with Crippen molar-refractivity contribution in [1.82, 2.24) is 0 Å². The number of nitrogens with one attached hydrogen (secondary N) is 1. The monoisotopic (exact) mass is 154 g/mol. The van der Waals surface area contributed by atoms with Crippen LogP contribution in [0.1, 0.15) is 6.92 Å². The number of hydrogen-bond donors (Lipinski definition) is 2. The Morgan fingerprint density at radius 2 is 2.33 bits per heavy atom. The van der Waals surface area contributed by atoms with Crippen molar-refractivity contribution in [3.8, 4) is 0 Å². The Morgan fingerprint density at radius 1 is 2.00 bits per heavy atom. The molecule has 0 saturated heterocycles. The van der Waals surface area contributed by atoms with Crippen molar-refractivity contribution in [3.63, 3.8) is 0 Å². The van der Waals surface area contributed by atoms with Crippen molar-refractivity contribution in [2.24, 2.45) is 0 Å². The van der Waals surface area contributed by atoms with Gasteiger partial charge in [0.15, 0.2) is 6.40 Å². The van der Waals surface area contributed by atoms with Gasteiger partial charge in [0.1, 0.15) is 0 Å². The average molecular weight is 154 g/mol. The summed E-state index contributed by atoms with van der Waals surface area (Å²) in [7, 11) is 0. The Morgan fingerprint density at radius 3 is 2.33 bits per heavy atom. The third kappa shape index (κ3) is 97.6. The van der Waals surface area contributed by atoms with E-state index in [1.54, 1.807) is 0 Å². The molecule has 0 rings (SSSR count). The largest absolute Gasteiger partial charge is 0.750 e. The molecule has 1 unspecified atom stereocenters. The van der Waals surface area contributed by atoms with Gasteiger partial charge in [-0.05, 0) is 6.92 Å². The van der Waals surface area contributed by atoms with Crippen LogP contribution in [0.3, 0.4) is 0 Å². The minimum absolute atomic E-state index is 0.601. The molecule has 6 heteroatoms. The summed E-state index contributed by atoms with van der Waals surface area (Å²) in [6.45, 7) is 2.44. The topological polar surface area (TPSA) is 93.4 Å². The van der Waals surface area contributed by atoms with Gasteiger partial charge < -0.3 is 13.8 Å². The van der Waals surface area contributed by atoms with Crippen LogP contribution in [-0.2, 0) is 16.1 Å². The molecule has 2 N–H and O–H groups in total. The van der Waals surface area contributed by atoms with Gasteiger partial charge in [0, 0.05) is 0 Å². The summed E-state index contributed by atoms with van der Waals surface area (Å²) in [5, 5.41) is 6.26. The van der Waals surface area contributed by atoms with Crippen LogP contribution in [0.25, 0.3) is 0 Å². The molecular formula is C3H8NO4S-. The van der Waals surface area contributed by atoms with Gasteiger partial charge in [-0.3, -0.25) is 5.41 Å². The predicted molar refractivity (Wildman–Crippen MR) is 32.0 cm³/mol. The zero-order chi connectivity index (χ0) is 7.70. The van der Waals surface area contributed by atoms with E-state index in [0.29, 0.717) is 6.61 Å². The van der Waals surface area contributed by atoms with Crippen molar-refractivity contribution < 1.29 is 18.1 Å². The zero-order valence-corrected chi connectivity index (χ0v) is 5.68. The van der Waals surface area contributed by atoms with Crippen LogP contribution in [-0.4, -0.2) is 26.3 Å². The Labute approximate surface area is 55.7 Å². The van der Waals surface area contributed by atoms with Crippen LogP contribution in [0.5, 0.6) is 0 Å². The maximum absolute atomic E-state index is 8.56. The Bertz CT molecular complexity index is 81.9. The molecule has 0 saturated carbocycles. The number of hydrogen-bond acceptors (Lipinski definition) is 4. The van der Waals surface area contributed by atoms with E-state index in [4.69, 9.17) is 18.7 Å². The van der Waals surface area contributed by atoms with E-state index in [2.05, 4.69) is 4.74 Å². The van der Waals surface area contributed by atoms with Crippen LogP contribution in [0.15, 0.2) is 0 Å². The summed E-state index contributed by atoms with van der Waals surface area (Å²) in [5.41, 5.74) is 0. The average Bonchev–Trinajstić information content (AvgIpc) is 1.66. The fourth-order valence-electron chi connectivity index (χ4n) is 0.0833. The first-order valence-electron chi connectivity index (χ1n) is 2.04. The van der Waals surface area contributed by atoms with Gasteiger partial charge in [0.05, 0.1) is 18.0 Å². The van der Waals surface area contributed by atoms with Gasteiger partial charge >= 0.3 is 0 Å². The van der Waals surface area contributed by atoms with Gasteiger partial charge in [0.25, 0.3) is 0 Å². The second-order valence-corrected chi connectivity index (χ2v) is 1.22. The van der Waals surface area contributed by atoms with Gasteiger partial charge in [-0.25, -0.2) is 4.21 Å². The van der Waals surface area contributed by atoms with E-state index in [-0.39, 0.29) is 0 Å². The summed E-state index contributed by atoms with van der Waals surface area (Å²) in [6, 6.07) is 0. The van der Waals surface area contributed by atoms with E-state index in [9.17, 15) is 0 Å². The molecule has 0 spiro atoms. The lowest BCUT2D eigenvalue weighted by Gasteiger charge is -1.83. The number of ether oxygens (including phenoxy) is 1. The highest BCUT2D eigenvalue weighted by molar-refractivity contribution is 7.73. The molecule has 1 atom stereocenters. The van der Waals surface area contributed by atoms with E-state index in [1.807, 2.05) is 6.92 Å². The summed E-state index contributed by atoms with van der Waals surface area (Å²) in [5.74, 6) is 0. The standard InChI is InChI=1S/C3H7NO.H2O3S/c1-2-5-3-4;1-4(2)3/h3-4H,2H2,1H3;(H2,1,2,3)/p-1. The van der Waals surface area contributed by atoms with Gasteiger partial charge in [-0.2, -0.15) is 0 Å². The van der Waals surface area contributed by atoms with Crippen LogP contribution >= 0.6 is 0 Å². The summed E-state index contributed by atoms with van der Waals surface area (Å²) in [6.07, 6.45) is 0.931. The van der Waals surface area contributed by atoms with Crippen LogP contribution in [0.2, 0.25) is 0 Å². The highest BCUT2D eigenvalue weighted by atomic mass is 32.2. The first kappa shape index (κ1) is 11.4. The molecule has 56 valence electrons. The fourth-order valence-corrected chi connectivity index (χ4v) is 0.0833. The highest BCUT2D eigenvalue weighted by Crippen LogP contribution is 1.56. The molecule has 0 bridgehead atoms. The van der Waals surface area contributed by atoms with Crippen molar-refractivity contribution in [2.75, 3.05) is 6.61 Å². The van der Waals surface area contributed by atoms with E-state index < -0.39 is 11.4 Å². The lowest BCUT2D eigenvalue weighted by molar-refractivity contribution is 0.341. The normalized spacial score (nSPS) is 10.6. The first-order valence-corrected chi connectivity index (χ1v) is 3.07. The molecule has 5 nitrogen and oxygen atoms in total. The Balaban J connectivity index is 0. The van der Waals surface area contributed by atoms with Crippen molar-refractivity contribution in [3.05, 3.63) is 0 Å². The molecule has 0 amide bonds. The molecule has 0 aromatic heterocycles. The second kappa shape index (κ2) is 10.5. The summed E-state index contributed by atoms with van der Waals surface area (Å²) in [4.78, 5) is 0. The number of rotatable bonds is 2. The van der Waals surface area contributed by atoms with Gasteiger partial charge in [-0.15, -0.1) is 0 Å². The highest BCUT2D eigenvalue weighted by Gasteiger charge is 1.57. The van der Waals surface area contributed by atoms with E-state index >= 15 is 0 Å². The minimum atomic E-state index is -2.86. The second-order valence-electron chi connectivity index (χ2n) is 0.790. The molecular weight excluding hydrogens is 146 g/mol. The van der Waals surface area contributed by atoms with Crippen molar-refractivity contribution in [1.29, 1.82) is 5.41 Å². The van der Waals surface area contributed by atoms with Gasteiger partial charge in [-0.1, -0.05) is 0 Å². The predicted octanol–water partition coefficient (Wildman–Crippen LogP) is -0.0315. The van der Waals surface area contributed by atoms with E-state index in [0.717, 1.165) is 6.40 Å². The quantitative estimate of drug-likeness (QED) is 0.331. The van der Waals surface area contributed by atoms with Crippen molar-refractivity contribution >= 4 is 17.8 Å². The molecule has 0 aliphatic rings. The molecule has 0 aromatic carbocycles. The molecule has 0 aliphatic carbocycles. The first-order chi connectivity index (χ1) is 4.15. The summed E-state index contributed by atoms with van der Waals surface area (Å²) < 4.78 is 28.5. The van der Waals surface area contributed by atoms with E-state index in [1.165, 1.54) is 0 Å². The molecule has 0 heterocycles. The maximum atomic E-state index is 8.56. The van der Waals surface area contributed by atoms with Crippen LogP contribution < -0.4 is 0 Å². The third-order valence-electron chi connectivity index (χ3n) is 0.250. The lowest BCUT2D eigenvalue weighted by Crippen LogP contribution is -1.80. The zero-order valence-electron chi connectivity index (χ0n) is 4.86. The molecule has 0 fully saturated rings. The minimum Gasteiger partial charge on any atom is -0.750 e. The SMILES string of the molecule is CCOC=N.O=S([O-])O. The maximum Gasteiger partial charge on any atom is 0.166 e. The van der Waals surface area contributed by atoms with Crippen LogP contribution in [0, 0.1) is 5.41 Å². The summed E-state index contributed by atoms with van der Waals surface area (Å²) >= 11 is -2.86. The molecule has 9 heavy (non-hydrogen) atoms. The Kier molecular flexibility index (Phi) is 13.3. The fraction of sp³-hybridized carbons (Fsp3) is 0.667. The lowest BCUT2D eigenvalue weighted by atomic mass is 10.9. The molecule has 0 aliphatic heterocycles. The molecule has 0 aromatic rings. The Hall–Kier alpha value is -0.460. The smallest absolute Gasteiger partial charge is 0.166 e.